The van der Waals surface area contributed by atoms with Crippen molar-refractivity contribution in [2.45, 2.75) is 134 Å². The first-order chi connectivity index (χ1) is 36.1. The van der Waals surface area contributed by atoms with Gasteiger partial charge >= 0.3 is 5.97 Å². The van der Waals surface area contributed by atoms with Gasteiger partial charge in [-0.15, -0.1) is 5.06 Å². The van der Waals surface area contributed by atoms with Crippen LogP contribution in [0.1, 0.15) is 130 Å². The topological polar surface area (TPSA) is 174 Å². The predicted octanol–water partition coefficient (Wildman–Crippen LogP) is 12.2. The molecule has 0 saturated carbocycles. The van der Waals surface area contributed by atoms with Crippen LogP contribution in [-0.4, -0.2) is 85.1 Å². The van der Waals surface area contributed by atoms with Gasteiger partial charge in [-0.2, -0.15) is 21.4 Å². The number of hydroxylamine groups is 2. The van der Waals surface area contributed by atoms with Gasteiger partial charge < -0.3 is 19.4 Å². The number of amides is 1. The molecule has 4 aromatic rings. The summed E-state index contributed by atoms with van der Waals surface area (Å²) in [6.07, 6.45) is 16.2. The molecule has 8 rings (SSSR count). The van der Waals surface area contributed by atoms with Crippen LogP contribution in [0.2, 0.25) is 0 Å². The number of allylic oxidation sites excluding steroid dienone is 8. The molecule has 0 spiro atoms. The molecule has 16 heteroatoms. The Morgan fingerprint density at radius 1 is 0.829 bits per heavy atom. The number of benzene rings is 4. The number of para-hydroxylation sites is 1. The van der Waals surface area contributed by atoms with E-state index in [-0.39, 0.29) is 35.8 Å². The van der Waals surface area contributed by atoms with Crippen molar-refractivity contribution in [3.8, 4) is 5.75 Å². The second-order valence-electron chi connectivity index (χ2n) is 21.3. The van der Waals surface area contributed by atoms with Crippen LogP contribution in [0.15, 0.2) is 143 Å². The fourth-order valence-electron chi connectivity index (χ4n) is 11.3. The summed E-state index contributed by atoms with van der Waals surface area (Å²) in [5.41, 5.74) is 8.82. The van der Waals surface area contributed by atoms with Crippen LogP contribution in [0.3, 0.4) is 0 Å². The molecule has 3 aliphatic heterocycles. The summed E-state index contributed by atoms with van der Waals surface area (Å²) >= 11 is 0. The standard InChI is InChI=1S/C60H72N4O10S2/c1-8-35-61(36-9-2)46-27-31-51-50(41-46)59(4,5)53(62(51)38-17-39-75(67,68)69)32-25-43-18-16-19-44(58(43)73-47-20-12-10-13-21-47)26-33-54-60(6,7)57-49-29-28-48(76(70,71)72)40-45(49)24-30-52(57)63(54)37-15-11-14-22-56(66)74-64-42(3)23-34-55(64)65/h10,12-13,20-21,24-33,40-41H,3,8-9,11,14-19,22-23,34-39H2,1-2,4-7H3,(H-,67,68,69,70,71,72)/p+1. The van der Waals surface area contributed by atoms with E-state index in [1.165, 1.54) is 12.1 Å². The maximum Gasteiger partial charge on any atom is 0.333 e. The molecule has 0 unspecified atom stereocenters. The fraction of sp³-hybridized carbons (Fsp3) is 0.417. The first kappa shape index (κ1) is 55.9. The molecule has 0 aromatic heterocycles. The van der Waals surface area contributed by atoms with Gasteiger partial charge in [0.05, 0.1) is 21.8 Å². The van der Waals surface area contributed by atoms with Crippen molar-refractivity contribution in [3.63, 3.8) is 0 Å². The Kier molecular flexibility index (Phi) is 17.0. The lowest BCUT2D eigenvalue weighted by atomic mass is 9.78. The Morgan fingerprint density at radius 2 is 1.58 bits per heavy atom. The molecular formula is C60H73N4O10S2+. The van der Waals surface area contributed by atoms with Crippen LogP contribution < -0.4 is 14.5 Å². The lowest BCUT2D eigenvalue weighted by Gasteiger charge is -2.27. The fourth-order valence-corrected chi connectivity index (χ4v) is 12.3. The van der Waals surface area contributed by atoms with Crippen molar-refractivity contribution >= 4 is 65.7 Å². The van der Waals surface area contributed by atoms with E-state index in [2.05, 4.69) is 105 Å². The van der Waals surface area contributed by atoms with E-state index in [0.29, 0.717) is 49.2 Å². The SMILES string of the molecule is C=C1CCC(=O)N1OC(=O)CCCCC[N+]1=C(C=CC2=C(Oc3ccccc3)C(=CC=C3N(CCCS(=O)(=O)O)c4ccc(N(CCC)CCC)cc4C3(C)C)CCC2)C(C)(C)c2c1ccc1cc(S(=O)(=O)O)ccc21. The van der Waals surface area contributed by atoms with E-state index in [9.17, 15) is 35.5 Å². The lowest BCUT2D eigenvalue weighted by molar-refractivity contribution is -0.438. The van der Waals surface area contributed by atoms with Crippen LogP contribution in [-0.2, 0) is 45.5 Å². The number of ether oxygens (including phenoxy) is 1. The summed E-state index contributed by atoms with van der Waals surface area (Å²) in [5.74, 6) is 0.353. The van der Waals surface area contributed by atoms with E-state index in [1.54, 1.807) is 6.07 Å². The van der Waals surface area contributed by atoms with Crippen molar-refractivity contribution in [2.24, 2.45) is 0 Å². The number of carbonyl (C=O) groups excluding carboxylic acids is 2. The number of unbranched alkanes of at least 4 members (excludes halogenated alkanes) is 2. The van der Waals surface area contributed by atoms with Gasteiger partial charge in [0, 0.05) is 79.1 Å². The highest BCUT2D eigenvalue weighted by molar-refractivity contribution is 7.86. The zero-order chi connectivity index (χ0) is 54.6. The number of fused-ring (bicyclic) bond motifs is 4. The predicted molar refractivity (Wildman–Crippen MR) is 300 cm³/mol. The van der Waals surface area contributed by atoms with Crippen molar-refractivity contribution in [3.05, 3.63) is 149 Å². The third kappa shape index (κ3) is 12.3. The normalized spacial score (nSPS) is 18.5. The maximum absolute atomic E-state index is 12.8. The molecule has 3 heterocycles. The molecular weight excluding hydrogens is 1000 g/mol. The van der Waals surface area contributed by atoms with Gasteiger partial charge in [-0.3, -0.25) is 13.9 Å². The average Bonchev–Trinajstić information content (AvgIpc) is 3.89. The largest absolute Gasteiger partial charge is 0.457 e. The lowest BCUT2D eigenvalue weighted by Crippen LogP contribution is -2.28. The van der Waals surface area contributed by atoms with Crippen molar-refractivity contribution in [1.29, 1.82) is 0 Å². The van der Waals surface area contributed by atoms with Crippen LogP contribution in [0, 0.1) is 0 Å². The van der Waals surface area contributed by atoms with Gasteiger partial charge in [-0.1, -0.05) is 64.6 Å². The summed E-state index contributed by atoms with van der Waals surface area (Å²) in [6.45, 7) is 19.8. The summed E-state index contributed by atoms with van der Waals surface area (Å²) in [4.78, 5) is 34.8. The minimum atomic E-state index is -4.44. The van der Waals surface area contributed by atoms with E-state index < -0.39 is 37.0 Å². The molecule has 2 N–H and O–H groups in total. The van der Waals surface area contributed by atoms with Gasteiger partial charge in [0.15, 0.2) is 5.71 Å². The number of nitrogens with zero attached hydrogens (tertiary/aromatic N) is 4. The molecule has 14 nitrogen and oxygen atoms in total. The molecule has 1 amide bonds. The molecule has 1 saturated heterocycles. The van der Waals surface area contributed by atoms with Gasteiger partial charge in [0.25, 0.3) is 26.1 Å². The monoisotopic (exact) mass is 1070 g/mol. The Labute approximate surface area is 449 Å². The first-order valence-electron chi connectivity index (χ1n) is 26.7. The second-order valence-corrected chi connectivity index (χ2v) is 24.3. The summed E-state index contributed by atoms with van der Waals surface area (Å²) < 4.78 is 77.3. The highest BCUT2D eigenvalue weighted by Crippen LogP contribution is 2.50. The maximum atomic E-state index is 12.8. The van der Waals surface area contributed by atoms with E-state index >= 15 is 0 Å². The summed E-state index contributed by atoms with van der Waals surface area (Å²) in [5, 5.41) is 2.57. The highest BCUT2D eigenvalue weighted by Gasteiger charge is 2.46. The smallest absolute Gasteiger partial charge is 0.333 e. The van der Waals surface area contributed by atoms with Crippen molar-refractivity contribution in [1.82, 2.24) is 5.06 Å². The number of hydrogen-bond donors (Lipinski definition) is 2. The molecule has 76 heavy (non-hydrogen) atoms. The Balaban J connectivity index is 1.17. The summed E-state index contributed by atoms with van der Waals surface area (Å²) in [6, 6.07) is 24.9. The van der Waals surface area contributed by atoms with Crippen molar-refractivity contribution in [2.75, 3.05) is 41.7 Å². The zero-order valence-electron chi connectivity index (χ0n) is 44.8. The van der Waals surface area contributed by atoms with Crippen LogP contribution in [0.4, 0.5) is 17.1 Å². The molecule has 1 aliphatic carbocycles. The third-order valence-corrected chi connectivity index (χ3v) is 16.7. The quantitative estimate of drug-likeness (QED) is 0.0434. The first-order valence-corrected chi connectivity index (χ1v) is 29.8. The van der Waals surface area contributed by atoms with Crippen LogP contribution in [0.5, 0.6) is 5.75 Å². The van der Waals surface area contributed by atoms with Gasteiger partial charge in [0.1, 0.15) is 18.1 Å². The van der Waals surface area contributed by atoms with Crippen LogP contribution >= 0.6 is 0 Å². The average molecular weight is 1070 g/mol. The molecule has 0 bridgehead atoms. The molecule has 4 aromatic carbocycles. The third-order valence-electron chi connectivity index (χ3n) is 15.0. The summed E-state index contributed by atoms with van der Waals surface area (Å²) in [7, 11) is -8.60. The van der Waals surface area contributed by atoms with Crippen LogP contribution in [0.25, 0.3) is 10.8 Å². The Morgan fingerprint density at radius 3 is 2.26 bits per heavy atom. The minimum Gasteiger partial charge on any atom is -0.457 e. The van der Waals surface area contributed by atoms with E-state index in [0.717, 1.165) is 119 Å². The highest BCUT2D eigenvalue weighted by atomic mass is 32.2. The van der Waals surface area contributed by atoms with Crippen molar-refractivity contribution < 1.29 is 49.7 Å². The second kappa shape index (κ2) is 23.1. The molecule has 404 valence electrons. The van der Waals surface area contributed by atoms with E-state index in [4.69, 9.17) is 9.57 Å². The molecule has 0 radical (unpaired) electrons. The molecule has 1 fully saturated rings. The number of rotatable bonds is 22. The molecule has 4 aliphatic rings. The minimum absolute atomic E-state index is 0.148. The number of anilines is 2. The Hall–Kier alpha value is -6.33. The zero-order valence-corrected chi connectivity index (χ0v) is 46.4. The number of carbonyl (C=O) groups is 2. The Bertz CT molecular complexity index is 3280. The van der Waals surface area contributed by atoms with Gasteiger partial charge in [-0.25, -0.2) is 4.79 Å². The molecule has 0 atom stereocenters. The van der Waals surface area contributed by atoms with Gasteiger partial charge in [-0.05, 0) is 160 Å². The number of hydrogen-bond acceptors (Lipinski definition) is 10. The van der Waals surface area contributed by atoms with Gasteiger partial charge in [0.2, 0.25) is 5.69 Å². The van der Waals surface area contributed by atoms with E-state index in [1.807, 2.05) is 42.5 Å².